The summed E-state index contributed by atoms with van der Waals surface area (Å²) in [7, 11) is 0. The minimum absolute atomic E-state index is 0.0826. The fraction of sp³-hybridized carbons (Fsp3) is 0.294. The summed E-state index contributed by atoms with van der Waals surface area (Å²) in [5.74, 6) is 0.153. The third kappa shape index (κ3) is 2.26. The molecule has 0 N–H and O–H groups in total. The number of hydrogen-bond donors (Lipinski definition) is 0. The van der Waals surface area contributed by atoms with E-state index in [0.717, 1.165) is 5.56 Å². The second-order valence-electron chi connectivity index (χ2n) is 4.47. The first-order valence-electron chi connectivity index (χ1n) is 8.76. The third-order valence-corrected chi connectivity index (χ3v) is 2.92. The van der Waals surface area contributed by atoms with E-state index in [1.165, 1.54) is 18.2 Å². The molecule has 0 saturated carbocycles. The molecule has 0 unspecified atom stereocenters. The lowest BCUT2D eigenvalue weighted by Gasteiger charge is -2.16. The Morgan fingerprint density at radius 1 is 0.882 bits per heavy atom. The molecular weight excluding hydrogens is 204 g/mol. The molecule has 0 fully saturated rings. The maximum atomic E-state index is 7.79. The van der Waals surface area contributed by atoms with Gasteiger partial charge in [-0.2, -0.15) is 0 Å². The molecule has 0 aliphatic heterocycles. The Morgan fingerprint density at radius 3 is 2.12 bits per heavy atom. The molecule has 0 radical (unpaired) electrons. The lowest BCUT2D eigenvalue weighted by Crippen LogP contribution is -1.95. The maximum Gasteiger partial charge on any atom is 0.0280 e. The molecule has 2 rings (SSSR count). The SMILES string of the molecule is [2H]C([2H])([2H])c1cccc(C([2H])([2H])[2H])c1-c1ccccc1C(C)C. The van der Waals surface area contributed by atoms with E-state index in [2.05, 4.69) is 0 Å². The zero-order valence-electron chi connectivity index (χ0n) is 16.1. The smallest absolute Gasteiger partial charge is 0.0280 e. The minimum atomic E-state index is -2.37. The molecule has 0 heteroatoms. The molecule has 0 heterocycles. The Balaban J connectivity index is 2.90. The lowest BCUT2D eigenvalue weighted by molar-refractivity contribution is 0.868. The van der Waals surface area contributed by atoms with Crippen molar-refractivity contribution in [3.63, 3.8) is 0 Å². The van der Waals surface area contributed by atoms with Crippen LogP contribution in [0.2, 0.25) is 0 Å². The van der Waals surface area contributed by atoms with Crippen molar-refractivity contribution in [3.05, 3.63) is 59.2 Å². The van der Waals surface area contributed by atoms with Gasteiger partial charge in [-0.3, -0.25) is 0 Å². The summed E-state index contributed by atoms with van der Waals surface area (Å²) in [6.45, 7) is -0.737. The molecule has 0 spiro atoms. The van der Waals surface area contributed by atoms with Crippen LogP contribution in [0.4, 0.5) is 0 Å². The van der Waals surface area contributed by atoms with Crippen molar-refractivity contribution in [3.8, 4) is 11.1 Å². The highest BCUT2D eigenvalue weighted by Crippen LogP contribution is 2.33. The quantitative estimate of drug-likeness (QED) is 0.674. The van der Waals surface area contributed by atoms with Gasteiger partial charge in [0.05, 0.1) is 0 Å². The van der Waals surface area contributed by atoms with Crippen molar-refractivity contribution in [1.29, 1.82) is 0 Å². The van der Waals surface area contributed by atoms with E-state index in [0.29, 0.717) is 11.1 Å². The molecule has 0 aliphatic rings. The van der Waals surface area contributed by atoms with Gasteiger partial charge in [-0.15, -0.1) is 0 Å². The highest BCUT2D eigenvalue weighted by molar-refractivity contribution is 5.74. The first-order chi connectivity index (χ1) is 10.5. The van der Waals surface area contributed by atoms with Gasteiger partial charge in [-0.05, 0) is 47.4 Å². The summed E-state index contributed by atoms with van der Waals surface area (Å²) in [4.78, 5) is 0. The van der Waals surface area contributed by atoms with Gasteiger partial charge in [-0.25, -0.2) is 0 Å². The Hall–Kier alpha value is -1.56. The van der Waals surface area contributed by atoms with Crippen LogP contribution in [0.1, 0.15) is 44.7 Å². The maximum absolute atomic E-state index is 7.79. The molecule has 0 bridgehead atoms. The highest BCUT2D eigenvalue weighted by atomic mass is 14.2. The Morgan fingerprint density at radius 2 is 1.53 bits per heavy atom. The van der Waals surface area contributed by atoms with Crippen molar-refractivity contribution in [2.45, 2.75) is 33.5 Å². The van der Waals surface area contributed by atoms with Gasteiger partial charge in [0, 0.05) is 8.22 Å². The first-order valence-corrected chi connectivity index (χ1v) is 5.76. The van der Waals surface area contributed by atoms with Gasteiger partial charge in [0.1, 0.15) is 0 Å². The normalized spacial score (nSPS) is 17.6. The summed E-state index contributed by atoms with van der Waals surface area (Å²) in [5.41, 5.74) is 2.10. The van der Waals surface area contributed by atoms with Crippen molar-refractivity contribution in [1.82, 2.24) is 0 Å². The van der Waals surface area contributed by atoms with E-state index < -0.39 is 13.7 Å². The molecule has 0 aliphatic carbocycles. The minimum Gasteiger partial charge on any atom is -0.0619 e. The predicted octanol–water partition coefficient (Wildman–Crippen LogP) is 5.09. The topological polar surface area (TPSA) is 0 Å². The average Bonchev–Trinajstić information content (AvgIpc) is 2.44. The summed E-state index contributed by atoms with van der Waals surface area (Å²) < 4.78 is 46.8. The molecule has 0 amide bonds. The zero-order chi connectivity index (χ0) is 17.4. The molecule has 2 aromatic carbocycles. The highest BCUT2D eigenvalue weighted by Gasteiger charge is 2.11. The van der Waals surface area contributed by atoms with E-state index in [-0.39, 0.29) is 17.0 Å². The fourth-order valence-corrected chi connectivity index (χ4v) is 2.07. The van der Waals surface area contributed by atoms with E-state index in [9.17, 15) is 0 Å². The van der Waals surface area contributed by atoms with Crippen LogP contribution in [-0.2, 0) is 0 Å². The van der Waals surface area contributed by atoms with E-state index in [1.54, 1.807) is 12.1 Å². The van der Waals surface area contributed by atoms with Crippen LogP contribution in [-0.4, -0.2) is 0 Å². The Bertz CT molecular complexity index is 663. The van der Waals surface area contributed by atoms with Gasteiger partial charge < -0.3 is 0 Å². The van der Waals surface area contributed by atoms with Gasteiger partial charge >= 0.3 is 0 Å². The number of benzene rings is 2. The van der Waals surface area contributed by atoms with Crippen LogP contribution >= 0.6 is 0 Å². The van der Waals surface area contributed by atoms with Crippen LogP contribution in [0.5, 0.6) is 0 Å². The molecule has 0 atom stereocenters. The predicted molar refractivity (Wildman–Crippen MR) is 75.4 cm³/mol. The summed E-state index contributed by atoms with van der Waals surface area (Å²) in [6.07, 6.45) is 0. The van der Waals surface area contributed by atoms with Crippen LogP contribution in [0.15, 0.2) is 42.5 Å². The standard InChI is InChI=1S/C17H20/c1-12(2)15-10-5-6-11-16(15)17-13(3)8-7-9-14(17)4/h5-12H,1-4H3/i3D3,4D3. The number of rotatable bonds is 2. The average molecular weight is 230 g/mol. The van der Waals surface area contributed by atoms with Gasteiger partial charge in [0.15, 0.2) is 0 Å². The fourth-order valence-electron chi connectivity index (χ4n) is 2.07. The van der Waals surface area contributed by atoms with Gasteiger partial charge in [0.25, 0.3) is 0 Å². The first kappa shape index (κ1) is 6.39. The lowest BCUT2D eigenvalue weighted by atomic mass is 9.88. The van der Waals surface area contributed by atoms with E-state index in [1.807, 2.05) is 26.0 Å². The molecule has 0 saturated heterocycles. The van der Waals surface area contributed by atoms with Crippen LogP contribution in [0.25, 0.3) is 11.1 Å². The summed E-state index contributed by atoms with van der Waals surface area (Å²) in [6, 6.07) is 11.9. The Labute approximate surface area is 113 Å². The van der Waals surface area contributed by atoms with Crippen molar-refractivity contribution >= 4 is 0 Å². The van der Waals surface area contributed by atoms with Crippen molar-refractivity contribution in [2.24, 2.45) is 0 Å². The number of hydrogen-bond acceptors (Lipinski definition) is 0. The number of aryl methyl sites for hydroxylation is 2. The van der Waals surface area contributed by atoms with Gasteiger partial charge in [0.2, 0.25) is 0 Å². The molecule has 88 valence electrons. The summed E-state index contributed by atoms with van der Waals surface area (Å²) in [5, 5.41) is 0. The molecular formula is C17H20. The van der Waals surface area contributed by atoms with Gasteiger partial charge in [-0.1, -0.05) is 56.3 Å². The third-order valence-electron chi connectivity index (χ3n) is 2.92. The largest absolute Gasteiger partial charge is 0.0619 e. The van der Waals surface area contributed by atoms with Crippen molar-refractivity contribution < 1.29 is 8.22 Å². The summed E-state index contributed by atoms with van der Waals surface area (Å²) >= 11 is 0. The molecule has 17 heavy (non-hydrogen) atoms. The molecule has 0 nitrogen and oxygen atoms in total. The van der Waals surface area contributed by atoms with Crippen LogP contribution in [0, 0.1) is 13.7 Å². The monoisotopic (exact) mass is 230 g/mol. The molecule has 2 aromatic rings. The van der Waals surface area contributed by atoms with Crippen LogP contribution in [0.3, 0.4) is 0 Å². The Kier molecular flexibility index (Phi) is 1.79. The van der Waals surface area contributed by atoms with E-state index >= 15 is 0 Å². The second kappa shape index (κ2) is 4.75. The van der Waals surface area contributed by atoms with E-state index in [4.69, 9.17) is 8.22 Å². The van der Waals surface area contributed by atoms with Crippen molar-refractivity contribution in [2.75, 3.05) is 0 Å². The van der Waals surface area contributed by atoms with Crippen LogP contribution < -0.4 is 0 Å². The molecule has 0 aromatic heterocycles. The zero-order valence-corrected chi connectivity index (χ0v) is 10.1. The second-order valence-corrected chi connectivity index (χ2v) is 4.47.